The molecule has 2 aromatic rings. The first kappa shape index (κ1) is 16.8. The number of carbonyl (C=O) groups excluding carboxylic acids is 1. The molecular formula is C19H20FN3O3. The SMILES string of the molecule is Cc1c(C(=O)N2C[C@@H]3CCC[C@@]3(C(=O)O)C2)cnn1-c1ccccc1F. The number of likely N-dealkylation sites (tertiary alicyclic amines) is 1. The van der Waals surface area contributed by atoms with Crippen molar-refractivity contribution >= 4 is 11.9 Å². The second-order valence-corrected chi connectivity index (χ2v) is 7.24. The van der Waals surface area contributed by atoms with E-state index < -0.39 is 17.2 Å². The lowest BCUT2D eigenvalue weighted by atomic mass is 9.81. The number of carboxylic acids is 1. The third kappa shape index (κ3) is 2.34. The van der Waals surface area contributed by atoms with Gasteiger partial charge in [0.25, 0.3) is 5.91 Å². The Hall–Kier alpha value is -2.70. The van der Waals surface area contributed by atoms with Crippen LogP contribution < -0.4 is 0 Å². The molecule has 2 fully saturated rings. The largest absolute Gasteiger partial charge is 0.481 e. The third-order valence-corrected chi connectivity index (χ3v) is 5.90. The highest BCUT2D eigenvalue weighted by Crippen LogP contribution is 2.49. The number of carboxylic acid groups (broad SMARTS) is 1. The first-order valence-electron chi connectivity index (χ1n) is 8.76. The van der Waals surface area contributed by atoms with Crippen LogP contribution >= 0.6 is 0 Å². The average molecular weight is 357 g/mol. The molecule has 1 saturated heterocycles. The number of halogens is 1. The number of carbonyl (C=O) groups is 2. The van der Waals surface area contributed by atoms with Crippen molar-refractivity contribution in [2.45, 2.75) is 26.2 Å². The molecule has 1 saturated carbocycles. The van der Waals surface area contributed by atoms with Crippen LogP contribution in [-0.4, -0.2) is 44.8 Å². The van der Waals surface area contributed by atoms with Gasteiger partial charge in [-0.1, -0.05) is 18.6 Å². The van der Waals surface area contributed by atoms with Gasteiger partial charge in [0, 0.05) is 13.1 Å². The predicted molar refractivity (Wildman–Crippen MR) is 91.6 cm³/mol. The molecule has 4 rings (SSSR count). The number of amides is 1. The van der Waals surface area contributed by atoms with Gasteiger partial charge in [-0.25, -0.2) is 9.07 Å². The van der Waals surface area contributed by atoms with Gasteiger partial charge in [0.05, 0.1) is 22.9 Å². The summed E-state index contributed by atoms with van der Waals surface area (Å²) in [6.45, 7) is 2.40. The monoisotopic (exact) mass is 357 g/mol. The van der Waals surface area contributed by atoms with Gasteiger partial charge in [0.2, 0.25) is 0 Å². The van der Waals surface area contributed by atoms with E-state index >= 15 is 0 Å². The smallest absolute Gasteiger partial charge is 0.311 e. The lowest BCUT2D eigenvalue weighted by molar-refractivity contribution is -0.149. The minimum Gasteiger partial charge on any atom is -0.481 e. The molecule has 1 aliphatic heterocycles. The highest BCUT2D eigenvalue weighted by Gasteiger charge is 2.56. The summed E-state index contributed by atoms with van der Waals surface area (Å²) >= 11 is 0. The second kappa shape index (κ2) is 5.93. The highest BCUT2D eigenvalue weighted by atomic mass is 19.1. The van der Waals surface area contributed by atoms with Gasteiger partial charge in [-0.15, -0.1) is 0 Å². The summed E-state index contributed by atoms with van der Waals surface area (Å²) in [4.78, 5) is 26.4. The average Bonchev–Trinajstić information content (AvgIpc) is 3.27. The summed E-state index contributed by atoms with van der Waals surface area (Å²) in [6, 6.07) is 6.25. The Balaban J connectivity index is 1.63. The molecule has 1 amide bonds. The Morgan fingerprint density at radius 2 is 2.12 bits per heavy atom. The number of hydrogen-bond donors (Lipinski definition) is 1. The molecule has 2 atom stereocenters. The fourth-order valence-electron chi connectivity index (χ4n) is 4.45. The molecule has 1 N–H and O–H groups in total. The van der Waals surface area contributed by atoms with Crippen molar-refractivity contribution in [3.05, 3.63) is 47.5 Å². The molecule has 0 bridgehead atoms. The van der Waals surface area contributed by atoms with Crippen LogP contribution in [0.4, 0.5) is 4.39 Å². The maximum Gasteiger partial charge on any atom is 0.311 e. The van der Waals surface area contributed by atoms with Gasteiger partial charge in [-0.2, -0.15) is 5.10 Å². The summed E-state index contributed by atoms with van der Waals surface area (Å²) < 4.78 is 15.4. The van der Waals surface area contributed by atoms with Crippen LogP contribution in [0.25, 0.3) is 5.69 Å². The number of fused-ring (bicyclic) bond motifs is 1. The van der Waals surface area contributed by atoms with Gasteiger partial charge in [-0.3, -0.25) is 9.59 Å². The van der Waals surface area contributed by atoms with Crippen molar-refractivity contribution in [1.29, 1.82) is 0 Å². The molecular weight excluding hydrogens is 337 g/mol. The molecule has 2 heterocycles. The van der Waals surface area contributed by atoms with Crippen LogP contribution in [0.2, 0.25) is 0 Å². The van der Waals surface area contributed by atoms with E-state index in [4.69, 9.17) is 0 Å². The van der Waals surface area contributed by atoms with E-state index in [1.165, 1.54) is 16.9 Å². The summed E-state index contributed by atoms with van der Waals surface area (Å²) in [5, 5.41) is 13.9. The summed E-state index contributed by atoms with van der Waals surface area (Å²) in [7, 11) is 0. The van der Waals surface area contributed by atoms with Gasteiger partial charge >= 0.3 is 5.97 Å². The number of aliphatic carboxylic acids is 1. The molecule has 2 aliphatic rings. The van der Waals surface area contributed by atoms with Crippen molar-refractivity contribution in [2.75, 3.05) is 13.1 Å². The number of benzene rings is 1. The molecule has 7 heteroatoms. The minimum atomic E-state index is -0.814. The van der Waals surface area contributed by atoms with E-state index in [9.17, 15) is 19.1 Å². The standard InChI is InChI=1S/C19H20FN3O3/c1-12-14(9-21-23(12)16-7-3-2-6-15(16)20)17(24)22-10-13-5-4-8-19(13,11-22)18(25)26/h2-3,6-7,9,13H,4-5,8,10-11H2,1H3,(H,25,26)/t13-,19+/m0/s1. The molecule has 0 unspecified atom stereocenters. The Labute approximate surface area is 150 Å². The van der Waals surface area contributed by atoms with E-state index in [0.29, 0.717) is 24.2 Å². The van der Waals surface area contributed by atoms with Crippen LogP contribution in [0.1, 0.15) is 35.3 Å². The van der Waals surface area contributed by atoms with E-state index in [2.05, 4.69) is 5.10 Å². The molecule has 1 aromatic carbocycles. The number of para-hydroxylation sites is 1. The van der Waals surface area contributed by atoms with Crippen LogP contribution in [0.15, 0.2) is 30.5 Å². The van der Waals surface area contributed by atoms with E-state index in [1.54, 1.807) is 30.0 Å². The first-order valence-corrected chi connectivity index (χ1v) is 8.76. The van der Waals surface area contributed by atoms with E-state index in [1.807, 2.05) is 0 Å². The Morgan fingerprint density at radius 3 is 2.81 bits per heavy atom. The third-order valence-electron chi connectivity index (χ3n) is 5.90. The fraction of sp³-hybridized carbons (Fsp3) is 0.421. The zero-order chi connectivity index (χ0) is 18.5. The molecule has 1 aliphatic carbocycles. The molecule has 0 radical (unpaired) electrons. The zero-order valence-electron chi connectivity index (χ0n) is 14.5. The van der Waals surface area contributed by atoms with Gasteiger partial charge in [-0.05, 0) is 37.8 Å². The Morgan fingerprint density at radius 1 is 1.35 bits per heavy atom. The lowest BCUT2D eigenvalue weighted by Crippen LogP contribution is -2.37. The Kier molecular flexibility index (Phi) is 3.82. The van der Waals surface area contributed by atoms with Crippen LogP contribution in [0.3, 0.4) is 0 Å². The number of aromatic nitrogens is 2. The molecule has 6 nitrogen and oxygen atoms in total. The molecule has 1 aromatic heterocycles. The van der Waals surface area contributed by atoms with Crippen molar-refractivity contribution in [2.24, 2.45) is 11.3 Å². The maximum atomic E-state index is 14.0. The fourth-order valence-corrected chi connectivity index (χ4v) is 4.45. The zero-order valence-corrected chi connectivity index (χ0v) is 14.5. The minimum absolute atomic E-state index is 0.00543. The van der Waals surface area contributed by atoms with Crippen LogP contribution in [0.5, 0.6) is 0 Å². The number of hydrogen-bond acceptors (Lipinski definition) is 3. The summed E-state index contributed by atoms with van der Waals surface area (Å²) in [5.41, 5.74) is 0.394. The van der Waals surface area contributed by atoms with Crippen molar-refractivity contribution in [1.82, 2.24) is 14.7 Å². The number of rotatable bonds is 3. The van der Waals surface area contributed by atoms with Gasteiger partial charge in [0.1, 0.15) is 11.5 Å². The van der Waals surface area contributed by atoms with E-state index in [-0.39, 0.29) is 24.1 Å². The molecule has 26 heavy (non-hydrogen) atoms. The van der Waals surface area contributed by atoms with Crippen molar-refractivity contribution < 1.29 is 19.1 Å². The Bertz CT molecular complexity index is 894. The summed E-state index contributed by atoms with van der Waals surface area (Å²) in [6.07, 6.45) is 3.78. The van der Waals surface area contributed by atoms with Crippen molar-refractivity contribution in [3.8, 4) is 5.69 Å². The van der Waals surface area contributed by atoms with Crippen LogP contribution in [-0.2, 0) is 4.79 Å². The first-order chi connectivity index (χ1) is 12.4. The topological polar surface area (TPSA) is 75.4 Å². The molecule has 0 spiro atoms. The quantitative estimate of drug-likeness (QED) is 0.916. The second-order valence-electron chi connectivity index (χ2n) is 7.24. The lowest BCUT2D eigenvalue weighted by Gasteiger charge is -2.23. The summed E-state index contributed by atoms with van der Waals surface area (Å²) in [5.74, 6) is -1.46. The van der Waals surface area contributed by atoms with E-state index in [0.717, 1.165) is 12.8 Å². The van der Waals surface area contributed by atoms with Gasteiger partial charge < -0.3 is 10.0 Å². The predicted octanol–water partition coefficient (Wildman–Crippen LogP) is 2.65. The normalized spacial score (nSPS) is 24.7. The van der Waals surface area contributed by atoms with Crippen LogP contribution in [0, 0.1) is 24.1 Å². The number of nitrogens with zero attached hydrogens (tertiary/aromatic N) is 3. The van der Waals surface area contributed by atoms with Crippen molar-refractivity contribution in [3.63, 3.8) is 0 Å². The van der Waals surface area contributed by atoms with Gasteiger partial charge in [0.15, 0.2) is 0 Å². The maximum absolute atomic E-state index is 14.0. The molecule has 136 valence electrons. The highest BCUT2D eigenvalue weighted by molar-refractivity contribution is 5.96.